The average Bonchev–Trinajstić information content (AvgIpc) is 1.54. The lowest BCUT2D eigenvalue weighted by atomic mass is 9.70. The first kappa shape index (κ1) is 77.9. The predicted octanol–water partition coefficient (Wildman–Crippen LogP) is 32.9. The zero-order valence-electron chi connectivity index (χ0n) is 65.8. The van der Waals surface area contributed by atoms with Crippen LogP contribution in [0.5, 0.6) is 0 Å². The second-order valence-corrected chi connectivity index (χ2v) is 33.1. The monoisotopic (exact) mass is 1550 g/mol. The van der Waals surface area contributed by atoms with Gasteiger partial charge in [-0.1, -0.05) is 317 Å². The molecule has 0 saturated heterocycles. The summed E-state index contributed by atoms with van der Waals surface area (Å²) in [6, 6.07) is 92.6. The Morgan fingerprint density at radius 2 is 0.694 bits per heavy atom. The van der Waals surface area contributed by atoms with Gasteiger partial charge in [0.05, 0.1) is 11.0 Å². The molecular formula is C103H117Br2N3. The second kappa shape index (κ2) is 38.4. The predicted molar refractivity (Wildman–Crippen MR) is 477 cm³/mol. The molecule has 11 aromatic carbocycles. The van der Waals surface area contributed by atoms with Crippen LogP contribution in [0.3, 0.4) is 0 Å². The Morgan fingerprint density at radius 1 is 0.287 bits per heavy atom. The number of rotatable bonds is 40. The number of nitrogens with zero attached hydrogens (tertiary/aromatic N) is 3. The zero-order valence-corrected chi connectivity index (χ0v) is 69.0. The normalized spacial score (nSPS) is 12.3. The van der Waals surface area contributed by atoms with Gasteiger partial charge in [0.15, 0.2) is 0 Å². The van der Waals surface area contributed by atoms with Gasteiger partial charge >= 0.3 is 0 Å². The fraction of sp³-hybridized carbons (Fsp3) is 0.359. The topological polar surface area (TPSA) is 11.4 Å². The molecule has 0 unspecified atom stereocenters. The molecule has 0 amide bonds. The number of halogens is 2. The molecule has 0 aliphatic heterocycles. The van der Waals surface area contributed by atoms with Gasteiger partial charge in [-0.15, -0.1) is 0 Å². The molecule has 13 rings (SSSR count). The summed E-state index contributed by atoms with van der Waals surface area (Å²) in [6.45, 7) is 14.0. The first-order valence-corrected chi connectivity index (χ1v) is 43.7. The standard InChI is InChI=1S/C103H117Br2N3/c1-7-13-19-23-25-32-68-103(69-33-26-24-20-14-8-2)97-73-92(106(89-61-53-86(104)54-62-89)88-57-48-81(49-58-88)79-44-40-76(41-45-79)34-17-11-5)65-66-93(97)94-75-102-96(74-98(94)103)95-70-83(78-36-30-27-31-37-78)52-67-99(95)108(102)101-72-84(38-28-21-15-9-3)100(71-85(101)39-29-22-16-10-4)107(91-63-55-87(105)56-64-91)90-59-50-82(51-60-90)80-46-42-77(43-47-80)35-18-12-6/h27,30-31,36-37,40-67,70-75H,7-26,28-29,32-35,38-39,68-69H2,1-6H3. The lowest BCUT2D eigenvalue weighted by Gasteiger charge is -2.34. The third kappa shape index (κ3) is 18.3. The van der Waals surface area contributed by atoms with E-state index in [1.165, 1.54) is 264 Å². The van der Waals surface area contributed by atoms with Crippen molar-refractivity contribution in [3.63, 3.8) is 0 Å². The Bertz CT molecular complexity index is 4800. The van der Waals surface area contributed by atoms with E-state index in [4.69, 9.17) is 0 Å². The van der Waals surface area contributed by atoms with Gasteiger partial charge in [0, 0.05) is 64.9 Å². The molecule has 1 aliphatic rings. The van der Waals surface area contributed by atoms with Gasteiger partial charge in [0.1, 0.15) is 0 Å². The number of unbranched alkanes of at least 4 members (excludes halogenated alkanes) is 18. The molecule has 12 aromatic rings. The highest BCUT2D eigenvalue weighted by molar-refractivity contribution is 9.10. The maximum Gasteiger partial charge on any atom is 0.0547 e. The van der Waals surface area contributed by atoms with Crippen LogP contribution in [0.1, 0.15) is 242 Å². The maximum atomic E-state index is 3.86. The molecule has 0 fully saturated rings. The third-order valence-electron chi connectivity index (χ3n) is 23.5. The molecule has 558 valence electrons. The van der Waals surface area contributed by atoms with Crippen molar-refractivity contribution in [2.24, 2.45) is 0 Å². The molecular weight excluding hydrogens is 1440 g/mol. The van der Waals surface area contributed by atoms with Crippen molar-refractivity contribution >= 4 is 87.8 Å². The minimum atomic E-state index is -0.209. The Hall–Kier alpha value is -8.22. The smallest absolute Gasteiger partial charge is 0.0547 e. The van der Waals surface area contributed by atoms with E-state index in [0.29, 0.717) is 0 Å². The van der Waals surface area contributed by atoms with Gasteiger partial charge in [0.2, 0.25) is 0 Å². The van der Waals surface area contributed by atoms with E-state index in [0.717, 1.165) is 77.4 Å². The molecule has 3 nitrogen and oxygen atoms in total. The number of anilines is 6. The first-order valence-electron chi connectivity index (χ1n) is 42.1. The lowest BCUT2D eigenvalue weighted by Crippen LogP contribution is -2.26. The minimum absolute atomic E-state index is 0.209. The summed E-state index contributed by atoms with van der Waals surface area (Å²) in [6.07, 6.45) is 35.9. The molecule has 0 N–H and O–H groups in total. The third-order valence-corrected chi connectivity index (χ3v) is 24.6. The molecule has 0 bridgehead atoms. The fourth-order valence-corrected chi connectivity index (χ4v) is 17.9. The summed E-state index contributed by atoms with van der Waals surface area (Å²) in [5.74, 6) is 0. The van der Waals surface area contributed by atoms with Crippen molar-refractivity contribution in [1.82, 2.24) is 4.57 Å². The summed E-state index contributed by atoms with van der Waals surface area (Å²) >= 11 is 7.70. The van der Waals surface area contributed by atoms with Crippen LogP contribution in [0.25, 0.3) is 72.0 Å². The Morgan fingerprint density at radius 3 is 1.20 bits per heavy atom. The Kier molecular flexibility index (Phi) is 27.7. The summed E-state index contributed by atoms with van der Waals surface area (Å²) in [5.41, 5.74) is 29.8. The molecule has 5 heteroatoms. The SMILES string of the molecule is CCCCCCCCC1(CCCCCCCC)c2cc(N(c3ccc(Br)cc3)c3ccc(-c4ccc(CCCC)cc4)cc3)ccc2-c2cc3c(cc21)c1cc(-c2ccccc2)ccc1n3-c1cc(CCCCCC)c(N(c2ccc(Br)cc2)c2ccc(-c3ccc(CCCC)cc3)cc2)cc1CCCCCC. The van der Waals surface area contributed by atoms with Gasteiger partial charge in [-0.05, 0) is 263 Å². The molecule has 0 spiro atoms. The van der Waals surface area contributed by atoms with Gasteiger partial charge in [0.25, 0.3) is 0 Å². The highest BCUT2D eigenvalue weighted by atomic mass is 79.9. The lowest BCUT2D eigenvalue weighted by molar-refractivity contribution is 0.398. The molecule has 1 aliphatic carbocycles. The molecule has 0 saturated carbocycles. The number of fused-ring (bicyclic) bond motifs is 6. The minimum Gasteiger partial charge on any atom is -0.310 e. The summed E-state index contributed by atoms with van der Waals surface area (Å²) in [7, 11) is 0. The number of aryl methyl sites for hydroxylation is 4. The number of benzene rings is 11. The van der Waals surface area contributed by atoms with Crippen LogP contribution in [0, 0.1) is 0 Å². The maximum absolute atomic E-state index is 3.86. The van der Waals surface area contributed by atoms with E-state index in [1.807, 2.05) is 0 Å². The summed E-state index contributed by atoms with van der Waals surface area (Å²) in [5, 5.41) is 2.68. The van der Waals surface area contributed by atoms with Crippen LogP contribution in [-0.2, 0) is 31.1 Å². The Labute approximate surface area is 665 Å². The summed E-state index contributed by atoms with van der Waals surface area (Å²) in [4.78, 5) is 5.12. The van der Waals surface area contributed by atoms with E-state index < -0.39 is 0 Å². The zero-order chi connectivity index (χ0) is 74.6. The van der Waals surface area contributed by atoms with Crippen molar-refractivity contribution in [1.29, 1.82) is 0 Å². The fourth-order valence-electron chi connectivity index (χ4n) is 17.4. The first-order chi connectivity index (χ1) is 53.1. The average molecular weight is 1560 g/mol. The van der Waals surface area contributed by atoms with Crippen LogP contribution < -0.4 is 9.80 Å². The van der Waals surface area contributed by atoms with E-state index in [2.05, 4.69) is 324 Å². The van der Waals surface area contributed by atoms with Crippen LogP contribution in [0.4, 0.5) is 34.1 Å². The van der Waals surface area contributed by atoms with E-state index in [1.54, 1.807) is 0 Å². The van der Waals surface area contributed by atoms with Crippen LogP contribution >= 0.6 is 31.9 Å². The van der Waals surface area contributed by atoms with E-state index >= 15 is 0 Å². The largest absolute Gasteiger partial charge is 0.310 e. The highest BCUT2D eigenvalue weighted by Crippen LogP contribution is 2.58. The van der Waals surface area contributed by atoms with E-state index in [-0.39, 0.29) is 5.41 Å². The molecule has 1 heterocycles. The van der Waals surface area contributed by atoms with Gasteiger partial charge in [-0.3, -0.25) is 0 Å². The molecule has 108 heavy (non-hydrogen) atoms. The van der Waals surface area contributed by atoms with Crippen molar-refractivity contribution in [2.45, 2.75) is 240 Å². The van der Waals surface area contributed by atoms with Crippen molar-refractivity contribution in [3.8, 4) is 50.2 Å². The second-order valence-electron chi connectivity index (χ2n) is 31.2. The van der Waals surface area contributed by atoms with Gasteiger partial charge < -0.3 is 14.4 Å². The quantitative estimate of drug-likeness (QED) is 0.0355. The van der Waals surface area contributed by atoms with Crippen LogP contribution in [-0.4, -0.2) is 4.57 Å². The van der Waals surface area contributed by atoms with Crippen LogP contribution in [0.2, 0.25) is 0 Å². The molecule has 1 aromatic heterocycles. The van der Waals surface area contributed by atoms with Crippen molar-refractivity contribution in [2.75, 3.05) is 9.80 Å². The van der Waals surface area contributed by atoms with E-state index in [9.17, 15) is 0 Å². The van der Waals surface area contributed by atoms with Crippen LogP contribution in [0.15, 0.2) is 246 Å². The molecule has 0 atom stereocenters. The van der Waals surface area contributed by atoms with Gasteiger partial charge in [-0.25, -0.2) is 0 Å². The number of hydrogen-bond donors (Lipinski definition) is 0. The number of aromatic nitrogens is 1. The van der Waals surface area contributed by atoms with Crippen molar-refractivity contribution < 1.29 is 0 Å². The Balaban J connectivity index is 1.03. The van der Waals surface area contributed by atoms with Gasteiger partial charge in [-0.2, -0.15) is 0 Å². The number of hydrogen-bond acceptors (Lipinski definition) is 2. The molecule has 0 radical (unpaired) electrons. The summed E-state index contributed by atoms with van der Waals surface area (Å²) < 4.78 is 4.92. The highest BCUT2D eigenvalue weighted by Gasteiger charge is 2.44. The van der Waals surface area contributed by atoms with Crippen molar-refractivity contribution in [3.05, 3.63) is 279 Å².